The summed E-state index contributed by atoms with van der Waals surface area (Å²) in [5.41, 5.74) is -0.461. The second-order valence-corrected chi connectivity index (χ2v) is 7.35. The van der Waals surface area contributed by atoms with Crippen LogP contribution in [0.5, 0.6) is 0 Å². The minimum absolute atomic E-state index is 0.253. The molecule has 0 saturated carbocycles. The molecule has 9 heteroatoms. The van der Waals surface area contributed by atoms with E-state index in [0.29, 0.717) is 0 Å². The molecule has 0 fully saturated rings. The fourth-order valence-corrected chi connectivity index (χ4v) is 2.36. The van der Waals surface area contributed by atoms with Crippen LogP contribution < -0.4 is 10.6 Å². The summed E-state index contributed by atoms with van der Waals surface area (Å²) in [4.78, 5) is 49.1. The molecule has 2 amide bonds. The topological polar surface area (TPSA) is 111 Å². The maximum Gasteiger partial charge on any atom is 0.408 e. The third kappa shape index (κ3) is 7.69. The second-order valence-electron chi connectivity index (χ2n) is 6.47. The zero-order valence-electron chi connectivity index (χ0n) is 16.0. The lowest BCUT2D eigenvalue weighted by atomic mass is 10.0. The van der Waals surface area contributed by atoms with E-state index in [1.807, 2.05) is 6.26 Å². The highest BCUT2D eigenvalue weighted by Gasteiger charge is 2.30. The van der Waals surface area contributed by atoms with E-state index in [0.717, 1.165) is 12.0 Å². The van der Waals surface area contributed by atoms with Crippen LogP contribution in [0.25, 0.3) is 0 Å². The van der Waals surface area contributed by atoms with Gasteiger partial charge in [0.05, 0.1) is 7.11 Å². The van der Waals surface area contributed by atoms with Crippen molar-refractivity contribution in [2.45, 2.75) is 37.3 Å². The average Bonchev–Trinajstić information content (AvgIpc) is 2.62. The molecule has 0 radical (unpaired) electrons. The van der Waals surface area contributed by atoms with Crippen molar-refractivity contribution >= 4 is 35.5 Å². The van der Waals surface area contributed by atoms with Crippen LogP contribution in [0.1, 0.15) is 31.1 Å². The van der Waals surface area contributed by atoms with Crippen molar-refractivity contribution < 1.29 is 28.7 Å². The molecule has 1 aromatic carbocycles. The van der Waals surface area contributed by atoms with Gasteiger partial charge in [0.15, 0.2) is 11.8 Å². The van der Waals surface area contributed by atoms with Crippen LogP contribution in [0.4, 0.5) is 4.79 Å². The molecule has 0 aliphatic heterocycles. The Balaban J connectivity index is 2.76. The first-order valence-corrected chi connectivity index (χ1v) is 9.32. The van der Waals surface area contributed by atoms with Crippen LogP contribution in [0.3, 0.4) is 0 Å². The first kappa shape index (κ1) is 22.5. The number of alkyl carbamates (subject to hydrolysis) is 1. The fraction of sp³-hybridized carbons (Fsp3) is 0.444. The maximum absolute atomic E-state index is 12.6. The summed E-state index contributed by atoms with van der Waals surface area (Å²) in [6.07, 6.45) is 1.11. The summed E-state index contributed by atoms with van der Waals surface area (Å²) in [6.45, 7) is 4.59. The van der Waals surface area contributed by atoms with Gasteiger partial charge in [0.1, 0.15) is 12.1 Å². The van der Waals surface area contributed by atoms with Gasteiger partial charge in [-0.1, -0.05) is 12.1 Å². The first-order chi connectivity index (χ1) is 12.6. The number of amides is 2. The summed E-state index contributed by atoms with van der Waals surface area (Å²) in [7, 11) is 1.12. The predicted molar refractivity (Wildman–Crippen MR) is 101 cm³/mol. The van der Waals surface area contributed by atoms with Crippen LogP contribution in [-0.4, -0.2) is 55.3 Å². The lowest BCUT2D eigenvalue weighted by Gasteiger charge is -2.20. The monoisotopic (exact) mass is 396 g/mol. The highest BCUT2D eigenvalue weighted by Crippen LogP contribution is 2.16. The number of thioether (sulfide) groups is 1. The standard InChI is InChI=1S/C18H24N2O6S/c1-18(2,3)26-17(24)19-10-13(21)20-14(16(23)25-4)15(22)11-6-8-12(27-5)9-7-11/h6-9,14H,10H2,1-5H3,(H,19,24)(H,20,21). The van der Waals surface area contributed by atoms with Crippen molar-refractivity contribution in [2.24, 2.45) is 0 Å². The van der Waals surface area contributed by atoms with Gasteiger partial charge in [-0.3, -0.25) is 9.59 Å². The van der Waals surface area contributed by atoms with Crippen LogP contribution in [0, 0.1) is 0 Å². The van der Waals surface area contributed by atoms with E-state index in [9.17, 15) is 19.2 Å². The van der Waals surface area contributed by atoms with E-state index in [4.69, 9.17) is 4.74 Å². The van der Waals surface area contributed by atoms with Crippen molar-refractivity contribution in [3.8, 4) is 0 Å². The Labute approximate surface area is 162 Å². The van der Waals surface area contributed by atoms with Crippen molar-refractivity contribution in [3.63, 3.8) is 0 Å². The largest absolute Gasteiger partial charge is 0.467 e. The van der Waals surface area contributed by atoms with Gasteiger partial charge in [0.25, 0.3) is 0 Å². The van der Waals surface area contributed by atoms with Gasteiger partial charge in [-0.2, -0.15) is 0 Å². The number of benzene rings is 1. The molecule has 1 unspecified atom stereocenters. The number of carbonyl (C=O) groups excluding carboxylic acids is 4. The number of hydrogen-bond acceptors (Lipinski definition) is 7. The van der Waals surface area contributed by atoms with Crippen molar-refractivity contribution in [3.05, 3.63) is 29.8 Å². The molecule has 27 heavy (non-hydrogen) atoms. The number of Topliss-reactive ketones (excluding diaryl/α,β-unsaturated/α-hetero) is 1. The molecule has 1 rings (SSSR count). The van der Waals surface area contributed by atoms with Crippen LogP contribution >= 0.6 is 11.8 Å². The highest BCUT2D eigenvalue weighted by atomic mass is 32.2. The number of carbonyl (C=O) groups is 4. The van der Waals surface area contributed by atoms with Crippen LogP contribution in [0.15, 0.2) is 29.2 Å². The number of methoxy groups -OCH3 is 1. The van der Waals surface area contributed by atoms with Gasteiger partial charge in [0, 0.05) is 10.5 Å². The van der Waals surface area contributed by atoms with E-state index in [-0.39, 0.29) is 5.56 Å². The normalized spacial score (nSPS) is 11.9. The van der Waals surface area contributed by atoms with Gasteiger partial charge in [0.2, 0.25) is 5.91 Å². The Bertz CT molecular complexity index is 697. The Morgan fingerprint density at radius 2 is 1.70 bits per heavy atom. The third-order valence-electron chi connectivity index (χ3n) is 3.17. The number of nitrogens with one attached hydrogen (secondary N) is 2. The first-order valence-electron chi connectivity index (χ1n) is 8.09. The fourth-order valence-electron chi connectivity index (χ4n) is 1.95. The third-order valence-corrected chi connectivity index (χ3v) is 3.91. The van der Waals surface area contributed by atoms with Crippen LogP contribution in [0.2, 0.25) is 0 Å². The summed E-state index contributed by atoms with van der Waals surface area (Å²) in [5, 5.41) is 4.53. The Kier molecular flexibility index (Phi) is 8.30. The molecule has 2 N–H and O–H groups in total. The van der Waals surface area contributed by atoms with Gasteiger partial charge >= 0.3 is 12.1 Å². The molecule has 0 aliphatic carbocycles. The SMILES string of the molecule is COC(=O)C(NC(=O)CNC(=O)OC(C)(C)C)C(=O)c1ccc(SC)cc1. The van der Waals surface area contributed by atoms with Gasteiger partial charge < -0.3 is 20.1 Å². The van der Waals surface area contributed by atoms with Gasteiger partial charge in [-0.25, -0.2) is 9.59 Å². The number of ether oxygens (including phenoxy) is 2. The summed E-state index contributed by atoms with van der Waals surface area (Å²) < 4.78 is 9.61. The van der Waals surface area contributed by atoms with Crippen molar-refractivity contribution in [1.29, 1.82) is 0 Å². The molecule has 0 aromatic heterocycles. The summed E-state index contributed by atoms with van der Waals surface area (Å²) in [6, 6.07) is 5.09. The molecule has 1 atom stereocenters. The summed E-state index contributed by atoms with van der Waals surface area (Å²) in [5.74, 6) is -2.25. The maximum atomic E-state index is 12.6. The number of ketones is 1. The number of esters is 1. The highest BCUT2D eigenvalue weighted by molar-refractivity contribution is 7.98. The zero-order chi connectivity index (χ0) is 20.6. The minimum Gasteiger partial charge on any atom is -0.467 e. The molecule has 0 saturated heterocycles. The van der Waals surface area contributed by atoms with E-state index in [1.54, 1.807) is 45.0 Å². The van der Waals surface area contributed by atoms with Crippen molar-refractivity contribution in [2.75, 3.05) is 19.9 Å². The van der Waals surface area contributed by atoms with Gasteiger partial charge in [-0.05, 0) is 39.2 Å². The summed E-state index contributed by atoms with van der Waals surface area (Å²) >= 11 is 1.51. The Morgan fingerprint density at radius 1 is 1.11 bits per heavy atom. The van der Waals surface area contributed by atoms with E-state index in [1.165, 1.54) is 11.8 Å². The van der Waals surface area contributed by atoms with E-state index in [2.05, 4.69) is 15.4 Å². The predicted octanol–water partition coefficient (Wildman–Crippen LogP) is 1.77. The van der Waals surface area contributed by atoms with E-state index < -0.39 is 41.9 Å². The van der Waals surface area contributed by atoms with Crippen molar-refractivity contribution in [1.82, 2.24) is 10.6 Å². The molecule has 0 bridgehead atoms. The zero-order valence-corrected chi connectivity index (χ0v) is 16.8. The Hall–Kier alpha value is -2.55. The van der Waals surface area contributed by atoms with E-state index >= 15 is 0 Å². The molecular weight excluding hydrogens is 372 g/mol. The molecule has 0 spiro atoms. The Morgan fingerprint density at radius 3 is 2.19 bits per heavy atom. The number of rotatable bonds is 7. The molecule has 148 valence electrons. The smallest absolute Gasteiger partial charge is 0.408 e. The molecule has 8 nitrogen and oxygen atoms in total. The molecule has 0 aliphatic rings. The molecule has 1 aromatic rings. The quantitative estimate of drug-likeness (QED) is 0.313. The lowest BCUT2D eigenvalue weighted by molar-refractivity contribution is -0.143. The molecule has 0 heterocycles. The minimum atomic E-state index is -1.51. The van der Waals surface area contributed by atoms with Crippen LogP contribution in [-0.2, 0) is 19.1 Å². The number of hydrogen-bond donors (Lipinski definition) is 2. The second kappa shape index (κ2) is 9.96. The lowest BCUT2D eigenvalue weighted by Crippen LogP contribution is -2.50. The molecular formula is C18H24N2O6S. The average molecular weight is 396 g/mol. The van der Waals surface area contributed by atoms with Gasteiger partial charge in [-0.15, -0.1) is 11.8 Å².